The minimum absolute atomic E-state index is 0.692. The Labute approximate surface area is 119 Å². The van der Waals surface area contributed by atoms with Crippen molar-refractivity contribution in [2.45, 2.75) is 25.4 Å². The molecule has 108 valence electrons. The first-order valence-electron chi connectivity index (χ1n) is 6.58. The molecule has 1 rings (SSSR count). The summed E-state index contributed by atoms with van der Waals surface area (Å²) in [5.74, 6) is 2.34. The fourth-order valence-electron chi connectivity index (χ4n) is 1.41. The summed E-state index contributed by atoms with van der Waals surface area (Å²) in [5.41, 5.74) is 0. The lowest BCUT2D eigenvalue weighted by Crippen LogP contribution is -2.12. The van der Waals surface area contributed by atoms with E-state index in [1.807, 2.05) is 19.4 Å². The summed E-state index contributed by atoms with van der Waals surface area (Å²) < 4.78 is 5.55. The Kier molecular flexibility index (Phi) is 7.59. The Hall–Kier alpha value is -1.01. The molecule has 0 fully saturated rings. The van der Waals surface area contributed by atoms with Crippen molar-refractivity contribution in [1.29, 1.82) is 0 Å². The topological polar surface area (TPSA) is 59.1 Å². The molecule has 19 heavy (non-hydrogen) atoms. The molecule has 6 heteroatoms. The normalized spacial score (nSPS) is 10.8. The van der Waals surface area contributed by atoms with Crippen LogP contribution in [-0.2, 0) is 4.74 Å². The van der Waals surface area contributed by atoms with Crippen molar-refractivity contribution in [3.8, 4) is 0 Å². The average molecular weight is 284 g/mol. The summed E-state index contributed by atoms with van der Waals surface area (Å²) in [6, 6.07) is 1.90. The largest absolute Gasteiger partial charge is 0.380 e. The van der Waals surface area contributed by atoms with E-state index >= 15 is 0 Å². The molecular formula is C13H24N4OS. The molecule has 0 radical (unpaired) electrons. The number of ether oxygens (including phenoxy) is 1. The molecule has 0 bridgehead atoms. The molecule has 0 aromatic carbocycles. The molecule has 0 saturated heterocycles. The first kappa shape index (κ1) is 16.0. The number of nitrogens with zero attached hydrogens (tertiary/aromatic N) is 2. The van der Waals surface area contributed by atoms with Crippen molar-refractivity contribution in [3.63, 3.8) is 0 Å². The maximum atomic E-state index is 5.55. The maximum Gasteiger partial charge on any atom is 0.191 e. The minimum Gasteiger partial charge on any atom is -0.380 e. The van der Waals surface area contributed by atoms with Gasteiger partial charge in [0, 0.05) is 26.3 Å². The summed E-state index contributed by atoms with van der Waals surface area (Å²) in [7, 11) is 1.85. The van der Waals surface area contributed by atoms with E-state index < -0.39 is 0 Å². The third-order valence-electron chi connectivity index (χ3n) is 2.54. The SMILES string of the molecule is CNc1cc(NCCOCCC(C)C)nc(SC)n1. The molecule has 0 saturated carbocycles. The number of aromatic nitrogens is 2. The van der Waals surface area contributed by atoms with Crippen molar-refractivity contribution >= 4 is 23.4 Å². The molecular weight excluding hydrogens is 260 g/mol. The third kappa shape index (κ3) is 6.63. The van der Waals surface area contributed by atoms with Crippen LogP contribution in [0.25, 0.3) is 0 Å². The Bertz CT molecular complexity index is 351. The lowest BCUT2D eigenvalue weighted by molar-refractivity contribution is 0.132. The lowest BCUT2D eigenvalue weighted by Gasteiger charge is -2.10. The van der Waals surface area contributed by atoms with Gasteiger partial charge in [-0.3, -0.25) is 0 Å². The van der Waals surface area contributed by atoms with E-state index in [-0.39, 0.29) is 0 Å². The zero-order valence-electron chi connectivity index (χ0n) is 12.2. The molecule has 0 aliphatic rings. The van der Waals surface area contributed by atoms with Crippen molar-refractivity contribution in [2.75, 3.05) is 43.7 Å². The van der Waals surface area contributed by atoms with Crippen LogP contribution in [0.4, 0.5) is 11.6 Å². The molecule has 0 atom stereocenters. The second-order valence-electron chi connectivity index (χ2n) is 4.60. The van der Waals surface area contributed by atoms with Crippen molar-refractivity contribution in [2.24, 2.45) is 5.92 Å². The first-order valence-corrected chi connectivity index (χ1v) is 7.80. The van der Waals surface area contributed by atoms with E-state index in [1.54, 1.807) is 0 Å². The van der Waals surface area contributed by atoms with Gasteiger partial charge in [-0.25, -0.2) is 9.97 Å². The first-order chi connectivity index (χ1) is 9.15. The van der Waals surface area contributed by atoms with E-state index in [1.165, 1.54) is 11.8 Å². The number of thioether (sulfide) groups is 1. The van der Waals surface area contributed by atoms with Crippen molar-refractivity contribution in [1.82, 2.24) is 9.97 Å². The van der Waals surface area contributed by atoms with E-state index in [2.05, 4.69) is 34.4 Å². The molecule has 2 N–H and O–H groups in total. The number of anilines is 2. The molecule has 0 amide bonds. The fourth-order valence-corrected chi connectivity index (χ4v) is 1.79. The van der Waals surface area contributed by atoms with Crippen molar-refractivity contribution in [3.05, 3.63) is 6.07 Å². The van der Waals surface area contributed by atoms with Gasteiger partial charge in [0.1, 0.15) is 11.6 Å². The van der Waals surface area contributed by atoms with Gasteiger partial charge in [-0.2, -0.15) is 0 Å². The molecule has 1 aromatic rings. The quantitative estimate of drug-likeness (QED) is 0.413. The summed E-state index contributed by atoms with van der Waals surface area (Å²) in [6.45, 7) is 6.67. The average Bonchev–Trinajstić information content (AvgIpc) is 2.41. The smallest absolute Gasteiger partial charge is 0.191 e. The predicted molar refractivity (Wildman–Crippen MR) is 82.1 cm³/mol. The highest BCUT2D eigenvalue weighted by Crippen LogP contribution is 2.16. The summed E-state index contributed by atoms with van der Waals surface area (Å²) in [6.07, 6.45) is 3.07. The van der Waals surface area contributed by atoms with Crippen LogP contribution in [0.3, 0.4) is 0 Å². The number of rotatable bonds is 9. The van der Waals surface area contributed by atoms with Crippen LogP contribution in [-0.4, -0.2) is 43.0 Å². The van der Waals surface area contributed by atoms with Crippen LogP contribution >= 0.6 is 11.8 Å². The Morgan fingerprint density at radius 3 is 2.63 bits per heavy atom. The molecule has 1 heterocycles. The molecule has 0 aliphatic heterocycles. The summed E-state index contributed by atoms with van der Waals surface area (Å²) in [4.78, 5) is 8.71. The van der Waals surface area contributed by atoms with Crippen LogP contribution in [0.2, 0.25) is 0 Å². The van der Waals surface area contributed by atoms with Gasteiger partial charge in [0.05, 0.1) is 6.61 Å². The van der Waals surface area contributed by atoms with Gasteiger partial charge in [0.25, 0.3) is 0 Å². The number of hydrogen-bond donors (Lipinski definition) is 2. The zero-order chi connectivity index (χ0) is 14.1. The number of hydrogen-bond acceptors (Lipinski definition) is 6. The second kappa shape index (κ2) is 8.98. The van der Waals surface area contributed by atoms with Gasteiger partial charge in [-0.1, -0.05) is 25.6 Å². The van der Waals surface area contributed by atoms with Gasteiger partial charge >= 0.3 is 0 Å². The molecule has 5 nitrogen and oxygen atoms in total. The molecule has 1 aromatic heterocycles. The zero-order valence-corrected chi connectivity index (χ0v) is 13.0. The van der Waals surface area contributed by atoms with Crippen LogP contribution < -0.4 is 10.6 Å². The molecule has 0 unspecified atom stereocenters. The van der Waals surface area contributed by atoms with Gasteiger partial charge in [0.2, 0.25) is 0 Å². The highest BCUT2D eigenvalue weighted by molar-refractivity contribution is 7.98. The Balaban J connectivity index is 2.32. The van der Waals surface area contributed by atoms with Crippen LogP contribution in [0.1, 0.15) is 20.3 Å². The van der Waals surface area contributed by atoms with Crippen LogP contribution in [0, 0.1) is 5.92 Å². The molecule has 0 aliphatic carbocycles. The summed E-state index contributed by atoms with van der Waals surface area (Å²) >= 11 is 1.53. The van der Waals surface area contributed by atoms with Crippen molar-refractivity contribution < 1.29 is 4.74 Å². The fraction of sp³-hybridized carbons (Fsp3) is 0.692. The number of nitrogens with one attached hydrogen (secondary N) is 2. The minimum atomic E-state index is 0.692. The second-order valence-corrected chi connectivity index (χ2v) is 5.37. The Morgan fingerprint density at radius 1 is 1.26 bits per heavy atom. The monoisotopic (exact) mass is 284 g/mol. The van der Waals surface area contributed by atoms with E-state index in [0.717, 1.165) is 36.4 Å². The third-order valence-corrected chi connectivity index (χ3v) is 3.08. The van der Waals surface area contributed by atoms with Gasteiger partial charge in [0.15, 0.2) is 5.16 Å². The highest BCUT2D eigenvalue weighted by Gasteiger charge is 2.02. The van der Waals surface area contributed by atoms with Gasteiger partial charge < -0.3 is 15.4 Å². The highest BCUT2D eigenvalue weighted by atomic mass is 32.2. The Morgan fingerprint density at radius 2 is 2.00 bits per heavy atom. The standard InChI is InChI=1S/C13H24N4OS/c1-10(2)5-7-18-8-6-15-12-9-11(14-3)16-13(17-12)19-4/h9-10H,5-8H2,1-4H3,(H2,14,15,16,17). The van der Waals surface area contributed by atoms with E-state index in [9.17, 15) is 0 Å². The lowest BCUT2D eigenvalue weighted by atomic mass is 10.1. The van der Waals surface area contributed by atoms with Gasteiger partial charge in [-0.05, 0) is 18.6 Å². The van der Waals surface area contributed by atoms with E-state index in [0.29, 0.717) is 12.5 Å². The maximum absolute atomic E-state index is 5.55. The van der Waals surface area contributed by atoms with E-state index in [4.69, 9.17) is 4.74 Å². The van der Waals surface area contributed by atoms with Gasteiger partial charge in [-0.15, -0.1) is 0 Å². The summed E-state index contributed by atoms with van der Waals surface area (Å²) in [5, 5.41) is 7.04. The van der Waals surface area contributed by atoms with Crippen LogP contribution in [0.5, 0.6) is 0 Å². The van der Waals surface area contributed by atoms with Crippen LogP contribution in [0.15, 0.2) is 11.2 Å². The predicted octanol–water partition coefficient (Wildman–Crippen LogP) is 2.71. The molecule has 0 spiro atoms.